The molecule has 0 aliphatic carbocycles. The predicted octanol–water partition coefficient (Wildman–Crippen LogP) is 3.70. The van der Waals surface area contributed by atoms with Gasteiger partial charge in [-0.3, -0.25) is 4.90 Å². The molecule has 0 N–H and O–H groups in total. The van der Waals surface area contributed by atoms with Crippen molar-refractivity contribution in [1.29, 1.82) is 0 Å². The zero-order chi connectivity index (χ0) is 21.8. The summed E-state index contributed by atoms with van der Waals surface area (Å²) >= 11 is 1.76. The van der Waals surface area contributed by atoms with Crippen molar-refractivity contribution in [1.82, 2.24) is 25.1 Å². The van der Waals surface area contributed by atoms with E-state index >= 15 is 0 Å². The monoisotopic (exact) mass is 446 g/mol. The maximum atomic E-state index is 5.28. The lowest BCUT2D eigenvalue weighted by atomic mass is 10.1. The first-order chi connectivity index (χ1) is 15.8. The van der Waals surface area contributed by atoms with Crippen molar-refractivity contribution in [3.8, 4) is 5.75 Å². The number of tetrazole rings is 1. The van der Waals surface area contributed by atoms with Crippen LogP contribution >= 0.6 is 11.3 Å². The minimum absolute atomic E-state index is 0.0428. The summed E-state index contributed by atoms with van der Waals surface area (Å²) in [5, 5.41) is 15.0. The van der Waals surface area contributed by atoms with E-state index in [9.17, 15) is 0 Å². The molecule has 2 aromatic heterocycles. The molecule has 0 saturated carbocycles. The molecule has 0 radical (unpaired) electrons. The summed E-state index contributed by atoms with van der Waals surface area (Å²) in [6, 6.07) is 23.0. The Bertz CT molecular complexity index is 1110. The highest BCUT2D eigenvalue weighted by atomic mass is 32.1. The van der Waals surface area contributed by atoms with Crippen LogP contribution in [0.2, 0.25) is 0 Å². The average Bonchev–Trinajstić information content (AvgIpc) is 3.54. The molecule has 32 heavy (non-hydrogen) atoms. The highest BCUT2D eigenvalue weighted by molar-refractivity contribution is 7.10. The fourth-order valence-electron chi connectivity index (χ4n) is 4.22. The van der Waals surface area contributed by atoms with Gasteiger partial charge in [0.2, 0.25) is 0 Å². The molecule has 7 nitrogen and oxygen atoms in total. The van der Waals surface area contributed by atoms with Gasteiger partial charge in [-0.05, 0) is 51.7 Å². The van der Waals surface area contributed by atoms with Crippen LogP contribution in [-0.4, -0.2) is 58.4 Å². The number of ether oxygens (including phenoxy) is 1. The Morgan fingerprint density at radius 3 is 2.41 bits per heavy atom. The largest absolute Gasteiger partial charge is 0.497 e. The number of para-hydroxylation sites is 1. The predicted molar refractivity (Wildman–Crippen MR) is 126 cm³/mol. The van der Waals surface area contributed by atoms with Crippen LogP contribution in [0.3, 0.4) is 0 Å². The van der Waals surface area contributed by atoms with Crippen LogP contribution < -0.4 is 9.64 Å². The number of thiophene rings is 1. The van der Waals surface area contributed by atoms with E-state index in [0.29, 0.717) is 6.54 Å². The van der Waals surface area contributed by atoms with Gasteiger partial charge in [0.25, 0.3) is 0 Å². The number of hydrogen-bond acceptors (Lipinski definition) is 7. The van der Waals surface area contributed by atoms with Crippen LogP contribution in [0.1, 0.15) is 22.3 Å². The Morgan fingerprint density at radius 1 is 0.938 bits per heavy atom. The summed E-state index contributed by atoms with van der Waals surface area (Å²) in [6.45, 7) is 4.48. The molecule has 0 bridgehead atoms. The number of piperazine rings is 1. The standard InChI is InChI=1S/C24H26N6OS/c1-31-21-11-9-19(10-12-21)18-30-24(25-26-27-30)23(22-8-5-17-32-22)29-15-13-28(14-16-29)20-6-3-2-4-7-20/h2-12,17,23H,13-16,18H2,1H3/t23-/m0/s1. The van der Waals surface area contributed by atoms with Gasteiger partial charge in [0, 0.05) is 36.7 Å². The topological polar surface area (TPSA) is 59.3 Å². The number of methoxy groups -OCH3 is 1. The lowest BCUT2D eigenvalue weighted by Crippen LogP contribution is -2.48. The molecule has 2 aromatic carbocycles. The van der Waals surface area contributed by atoms with E-state index in [-0.39, 0.29) is 6.04 Å². The molecule has 0 amide bonds. The third-order valence-corrected chi connectivity index (χ3v) is 6.83. The van der Waals surface area contributed by atoms with Crippen molar-refractivity contribution < 1.29 is 4.74 Å². The van der Waals surface area contributed by atoms with Gasteiger partial charge in [-0.2, -0.15) is 0 Å². The van der Waals surface area contributed by atoms with Gasteiger partial charge in [-0.25, -0.2) is 4.68 Å². The first kappa shape index (κ1) is 20.7. The smallest absolute Gasteiger partial charge is 0.174 e. The summed E-state index contributed by atoms with van der Waals surface area (Å²) in [7, 11) is 1.68. The molecular weight excluding hydrogens is 420 g/mol. The summed E-state index contributed by atoms with van der Waals surface area (Å²) in [6.07, 6.45) is 0. The second-order valence-corrected chi connectivity index (χ2v) is 8.80. The molecule has 5 rings (SSSR count). The SMILES string of the molecule is COc1ccc(Cn2nnnc2[C@H](c2cccs2)N2CCN(c3ccccc3)CC2)cc1. The lowest BCUT2D eigenvalue weighted by Gasteiger charge is -2.39. The van der Waals surface area contributed by atoms with Crippen LogP contribution in [0.4, 0.5) is 5.69 Å². The second kappa shape index (κ2) is 9.50. The van der Waals surface area contributed by atoms with Crippen molar-refractivity contribution in [3.05, 3.63) is 88.4 Å². The molecule has 4 aromatic rings. The van der Waals surface area contributed by atoms with Crippen LogP contribution in [0, 0.1) is 0 Å². The molecule has 3 heterocycles. The molecule has 0 spiro atoms. The van der Waals surface area contributed by atoms with Crippen LogP contribution in [0.15, 0.2) is 72.1 Å². The van der Waals surface area contributed by atoms with E-state index in [2.05, 4.69) is 85.3 Å². The van der Waals surface area contributed by atoms with Gasteiger partial charge in [0.1, 0.15) is 11.8 Å². The van der Waals surface area contributed by atoms with E-state index in [4.69, 9.17) is 4.74 Å². The minimum Gasteiger partial charge on any atom is -0.497 e. The number of benzene rings is 2. The summed E-state index contributed by atoms with van der Waals surface area (Å²) in [4.78, 5) is 6.22. The summed E-state index contributed by atoms with van der Waals surface area (Å²) in [5.74, 6) is 1.73. The van der Waals surface area contributed by atoms with Crippen LogP contribution in [-0.2, 0) is 6.54 Å². The zero-order valence-corrected chi connectivity index (χ0v) is 18.9. The highest BCUT2D eigenvalue weighted by Gasteiger charge is 2.31. The van der Waals surface area contributed by atoms with Crippen molar-refractivity contribution in [2.45, 2.75) is 12.6 Å². The third kappa shape index (κ3) is 4.37. The Morgan fingerprint density at radius 2 is 1.72 bits per heavy atom. The van der Waals surface area contributed by atoms with Gasteiger partial charge in [-0.15, -0.1) is 16.4 Å². The number of rotatable bonds is 7. The third-order valence-electron chi connectivity index (χ3n) is 5.91. The van der Waals surface area contributed by atoms with Gasteiger partial charge >= 0.3 is 0 Å². The normalized spacial score (nSPS) is 15.6. The number of hydrogen-bond donors (Lipinski definition) is 0. The van der Waals surface area contributed by atoms with Gasteiger partial charge in [0.05, 0.1) is 13.7 Å². The van der Waals surface area contributed by atoms with Crippen molar-refractivity contribution >= 4 is 17.0 Å². The van der Waals surface area contributed by atoms with Gasteiger partial charge in [-0.1, -0.05) is 36.4 Å². The fraction of sp³-hybridized carbons (Fsp3) is 0.292. The maximum Gasteiger partial charge on any atom is 0.174 e. The van der Waals surface area contributed by atoms with Crippen molar-refractivity contribution in [2.75, 3.05) is 38.2 Å². The van der Waals surface area contributed by atoms with E-state index < -0.39 is 0 Å². The second-order valence-electron chi connectivity index (χ2n) is 7.82. The van der Waals surface area contributed by atoms with Crippen LogP contribution in [0.5, 0.6) is 5.75 Å². The molecule has 1 atom stereocenters. The quantitative estimate of drug-likeness (QED) is 0.431. The molecule has 0 unspecified atom stereocenters. The van der Waals surface area contributed by atoms with Gasteiger partial charge < -0.3 is 9.64 Å². The number of anilines is 1. The Balaban J connectivity index is 1.37. The lowest BCUT2D eigenvalue weighted by molar-refractivity contribution is 0.204. The minimum atomic E-state index is 0.0428. The molecule has 1 saturated heterocycles. The summed E-state index contributed by atoms with van der Waals surface area (Å²) < 4.78 is 7.21. The van der Waals surface area contributed by atoms with Crippen molar-refractivity contribution in [3.63, 3.8) is 0 Å². The average molecular weight is 447 g/mol. The van der Waals surface area contributed by atoms with Crippen molar-refractivity contribution in [2.24, 2.45) is 0 Å². The molecule has 164 valence electrons. The van der Waals surface area contributed by atoms with E-state index in [1.54, 1.807) is 18.4 Å². The zero-order valence-electron chi connectivity index (χ0n) is 18.0. The fourth-order valence-corrected chi connectivity index (χ4v) is 5.07. The Kier molecular flexibility index (Phi) is 6.13. The first-order valence-corrected chi connectivity index (χ1v) is 11.7. The van der Waals surface area contributed by atoms with E-state index in [1.807, 2.05) is 16.8 Å². The van der Waals surface area contributed by atoms with E-state index in [0.717, 1.165) is 43.3 Å². The summed E-state index contributed by atoms with van der Waals surface area (Å²) in [5.41, 5.74) is 2.42. The Labute approximate surface area is 191 Å². The number of nitrogens with zero attached hydrogens (tertiary/aromatic N) is 6. The van der Waals surface area contributed by atoms with Gasteiger partial charge in [0.15, 0.2) is 5.82 Å². The number of aromatic nitrogens is 4. The molecule has 8 heteroatoms. The molecule has 1 aliphatic heterocycles. The maximum absolute atomic E-state index is 5.28. The Hall–Kier alpha value is -3.23. The van der Waals surface area contributed by atoms with E-state index in [1.165, 1.54) is 10.6 Å². The van der Waals surface area contributed by atoms with Crippen LogP contribution in [0.25, 0.3) is 0 Å². The molecular formula is C24H26N6OS. The molecule has 1 fully saturated rings. The highest BCUT2D eigenvalue weighted by Crippen LogP contribution is 2.32. The molecule has 1 aliphatic rings. The first-order valence-electron chi connectivity index (χ1n) is 10.8.